The molecule has 0 fully saturated rings. The molecule has 1 N–H and O–H groups in total. The summed E-state index contributed by atoms with van der Waals surface area (Å²) in [5.74, 6) is -0.0932. The zero-order valence-corrected chi connectivity index (χ0v) is 12.0. The van der Waals surface area contributed by atoms with Gasteiger partial charge in [0.15, 0.2) is 0 Å². The number of amides is 1. The molecule has 3 nitrogen and oxygen atoms in total. The Morgan fingerprint density at radius 2 is 2.18 bits per heavy atom. The van der Waals surface area contributed by atoms with Crippen molar-refractivity contribution in [2.24, 2.45) is 0 Å². The third-order valence-corrected chi connectivity index (χ3v) is 3.05. The van der Waals surface area contributed by atoms with E-state index in [1.165, 1.54) is 0 Å². The van der Waals surface area contributed by atoms with Crippen molar-refractivity contribution in [1.29, 1.82) is 0 Å². The molecule has 0 saturated carbocycles. The van der Waals surface area contributed by atoms with Crippen LogP contribution >= 0.6 is 15.9 Å². The van der Waals surface area contributed by atoms with Gasteiger partial charge in [-0.05, 0) is 31.0 Å². The summed E-state index contributed by atoms with van der Waals surface area (Å²) in [6, 6.07) is 5.10. The third-order valence-electron chi connectivity index (χ3n) is 2.59. The van der Waals surface area contributed by atoms with Crippen molar-refractivity contribution in [3.8, 4) is 5.75 Å². The molecular formula is C13H18BrNO2. The summed E-state index contributed by atoms with van der Waals surface area (Å²) in [6.45, 7) is 4.59. The average molecular weight is 300 g/mol. The molecule has 1 atom stereocenters. The maximum atomic E-state index is 12.0. The normalized spacial score (nSPS) is 12.2. The Bertz CT molecular complexity index is 404. The number of carbonyl (C=O) groups is 1. The molecule has 0 radical (unpaired) electrons. The van der Waals surface area contributed by atoms with E-state index in [1.54, 1.807) is 24.1 Å². The number of phenolic OH excluding ortho intramolecular Hbond substituents is 1. The van der Waals surface area contributed by atoms with Crippen LogP contribution in [0.2, 0.25) is 0 Å². The lowest BCUT2D eigenvalue weighted by molar-refractivity contribution is 0.0791. The Balaban J connectivity index is 2.75. The van der Waals surface area contributed by atoms with Crippen LogP contribution < -0.4 is 0 Å². The topological polar surface area (TPSA) is 40.5 Å². The number of rotatable bonds is 4. The number of aromatic hydroxyl groups is 1. The summed E-state index contributed by atoms with van der Waals surface area (Å²) >= 11 is 3.44. The van der Waals surface area contributed by atoms with Crippen molar-refractivity contribution in [1.82, 2.24) is 4.90 Å². The van der Waals surface area contributed by atoms with E-state index in [1.807, 2.05) is 19.9 Å². The van der Waals surface area contributed by atoms with Crippen LogP contribution in [0.5, 0.6) is 5.75 Å². The van der Waals surface area contributed by atoms with Crippen LogP contribution in [-0.2, 0) is 0 Å². The molecule has 0 aliphatic heterocycles. The molecule has 94 valence electrons. The summed E-state index contributed by atoms with van der Waals surface area (Å²) in [5, 5.41) is 9.73. The predicted octanol–water partition coefficient (Wildman–Crippen LogP) is 2.95. The van der Waals surface area contributed by atoms with Crippen molar-refractivity contribution in [2.75, 3.05) is 13.6 Å². The zero-order valence-electron chi connectivity index (χ0n) is 10.4. The fraction of sp³-hybridized carbons (Fsp3) is 0.462. The summed E-state index contributed by atoms with van der Waals surface area (Å²) < 4.78 is 0. The minimum atomic E-state index is -0.143. The van der Waals surface area contributed by atoms with Gasteiger partial charge in [-0.2, -0.15) is 0 Å². The number of benzene rings is 1. The van der Waals surface area contributed by atoms with E-state index in [9.17, 15) is 9.90 Å². The predicted molar refractivity (Wildman–Crippen MR) is 72.8 cm³/mol. The Kier molecular flexibility index (Phi) is 5.00. The van der Waals surface area contributed by atoms with Crippen LogP contribution in [0.4, 0.5) is 0 Å². The van der Waals surface area contributed by atoms with Gasteiger partial charge < -0.3 is 10.0 Å². The molecular weight excluding hydrogens is 282 g/mol. The number of hydrogen-bond acceptors (Lipinski definition) is 2. The number of nitrogens with zero attached hydrogens (tertiary/aromatic N) is 1. The second-order valence-electron chi connectivity index (χ2n) is 4.32. The Morgan fingerprint density at radius 3 is 2.71 bits per heavy atom. The Hall–Kier alpha value is -1.03. The van der Waals surface area contributed by atoms with Crippen molar-refractivity contribution >= 4 is 21.8 Å². The molecule has 1 rings (SSSR count). The number of hydrogen-bond donors (Lipinski definition) is 1. The van der Waals surface area contributed by atoms with Gasteiger partial charge in [0.05, 0.1) is 5.56 Å². The largest absolute Gasteiger partial charge is 0.507 e. The number of carbonyl (C=O) groups excluding carboxylic acids is 1. The molecule has 0 aliphatic carbocycles. The summed E-state index contributed by atoms with van der Waals surface area (Å²) in [7, 11) is 1.75. The van der Waals surface area contributed by atoms with E-state index >= 15 is 0 Å². The van der Waals surface area contributed by atoms with Crippen molar-refractivity contribution in [3.05, 3.63) is 29.3 Å². The maximum Gasteiger partial charge on any atom is 0.257 e. The molecule has 0 spiro atoms. The number of halogens is 1. The van der Waals surface area contributed by atoms with E-state index in [2.05, 4.69) is 15.9 Å². The fourth-order valence-electron chi connectivity index (χ4n) is 1.50. The van der Waals surface area contributed by atoms with Gasteiger partial charge in [-0.25, -0.2) is 0 Å². The van der Waals surface area contributed by atoms with E-state index in [0.29, 0.717) is 16.9 Å². The zero-order chi connectivity index (χ0) is 13.0. The number of alkyl halides is 1. The average Bonchev–Trinajstić information content (AvgIpc) is 2.25. The second-order valence-corrected chi connectivity index (χ2v) is 5.88. The van der Waals surface area contributed by atoms with Crippen LogP contribution in [-0.4, -0.2) is 34.3 Å². The second kappa shape index (κ2) is 6.05. The lowest BCUT2D eigenvalue weighted by atomic mass is 10.1. The molecule has 0 heterocycles. The van der Waals surface area contributed by atoms with Crippen LogP contribution in [0.1, 0.15) is 29.3 Å². The van der Waals surface area contributed by atoms with E-state index in [4.69, 9.17) is 0 Å². The summed E-state index contributed by atoms with van der Waals surface area (Å²) in [5.41, 5.74) is 1.30. The molecule has 0 aromatic heterocycles. The van der Waals surface area contributed by atoms with Gasteiger partial charge in [-0.1, -0.05) is 28.9 Å². The number of phenols is 1. The molecule has 0 bridgehead atoms. The van der Waals surface area contributed by atoms with Gasteiger partial charge in [-0.15, -0.1) is 0 Å². The van der Waals surface area contributed by atoms with Gasteiger partial charge in [0.2, 0.25) is 0 Å². The standard InChI is InChI=1S/C13H18BrNO2/c1-9-4-5-11(12(16)8-9)13(17)15(3)7-6-10(2)14/h4-5,8,10,16H,6-7H2,1-3H3. The van der Waals surface area contributed by atoms with Gasteiger partial charge in [0.25, 0.3) is 5.91 Å². The SMILES string of the molecule is Cc1ccc(C(=O)N(C)CCC(C)Br)c(O)c1. The quantitative estimate of drug-likeness (QED) is 0.869. The summed E-state index contributed by atoms with van der Waals surface area (Å²) in [4.78, 5) is 14.0. The molecule has 1 aromatic rings. The molecule has 1 unspecified atom stereocenters. The third kappa shape index (κ3) is 4.04. The molecule has 4 heteroatoms. The highest BCUT2D eigenvalue weighted by atomic mass is 79.9. The smallest absolute Gasteiger partial charge is 0.257 e. The lowest BCUT2D eigenvalue weighted by Gasteiger charge is -2.18. The van der Waals surface area contributed by atoms with Crippen LogP contribution in [0.3, 0.4) is 0 Å². The maximum absolute atomic E-state index is 12.0. The van der Waals surface area contributed by atoms with Crippen molar-refractivity contribution in [3.63, 3.8) is 0 Å². The highest BCUT2D eigenvalue weighted by molar-refractivity contribution is 9.09. The molecule has 0 aliphatic rings. The summed E-state index contributed by atoms with van der Waals surface area (Å²) in [6.07, 6.45) is 0.884. The van der Waals surface area contributed by atoms with E-state index < -0.39 is 0 Å². The van der Waals surface area contributed by atoms with E-state index in [-0.39, 0.29) is 11.7 Å². The van der Waals surface area contributed by atoms with Crippen LogP contribution in [0.25, 0.3) is 0 Å². The fourth-order valence-corrected chi connectivity index (χ4v) is 1.71. The first-order valence-electron chi connectivity index (χ1n) is 5.61. The van der Waals surface area contributed by atoms with Crippen molar-refractivity contribution in [2.45, 2.75) is 25.1 Å². The highest BCUT2D eigenvalue weighted by Crippen LogP contribution is 2.20. The monoisotopic (exact) mass is 299 g/mol. The highest BCUT2D eigenvalue weighted by Gasteiger charge is 2.15. The molecule has 1 amide bonds. The molecule has 0 saturated heterocycles. The van der Waals surface area contributed by atoms with Crippen molar-refractivity contribution < 1.29 is 9.90 Å². The minimum Gasteiger partial charge on any atom is -0.507 e. The molecule has 1 aromatic carbocycles. The Morgan fingerprint density at radius 1 is 1.53 bits per heavy atom. The first kappa shape index (κ1) is 14.0. The minimum absolute atomic E-state index is 0.0498. The van der Waals surface area contributed by atoms with Gasteiger partial charge in [-0.3, -0.25) is 4.79 Å². The first-order valence-corrected chi connectivity index (χ1v) is 6.52. The van der Waals surface area contributed by atoms with Gasteiger partial charge >= 0.3 is 0 Å². The number of aryl methyl sites for hydroxylation is 1. The lowest BCUT2D eigenvalue weighted by Crippen LogP contribution is -2.28. The van der Waals surface area contributed by atoms with Gasteiger partial charge in [0, 0.05) is 18.4 Å². The first-order chi connectivity index (χ1) is 7.91. The van der Waals surface area contributed by atoms with E-state index in [0.717, 1.165) is 12.0 Å². The Labute approximate surface area is 111 Å². The van der Waals surface area contributed by atoms with Crippen LogP contribution in [0.15, 0.2) is 18.2 Å². The van der Waals surface area contributed by atoms with Crippen LogP contribution in [0, 0.1) is 6.92 Å². The molecule has 17 heavy (non-hydrogen) atoms. The van der Waals surface area contributed by atoms with Gasteiger partial charge in [0.1, 0.15) is 5.75 Å².